The predicted molar refractivity (Wildman–Crippen MR) is 177 cm³/mol. The van der Waals surface area contributed by atoms with Gasteiger partial charge in [-0.25, -0.2) is 28.6 Å². The molecule has 7 atom stereocenters. The number of nitrogens with two attached hydrogens (primary N) is 1. The average molecular weight is 810 g/mol. The summed E-state index contributed by atoms with van der Waals surface area (Å²) in [5.74, 6) is 0.431. The molecule has 23 nitrogen and oxygen atoms in total. The number of imidazole rings is 1. The Kier molecular flexibility index (Phi) is 15.5. The third-order valence-corrected chi connectivity index (χ3v) is 11.3. The van der Waals surface area contributed by atoms with Crippen LogP contribution in [0.4, 0.5) is 5.82 Å². The topological polar surface area (TPSA) is 347 Å². The zero-order valence-electron chi connectivity index (χ0n) is 27.6. The van der Waals surface area contributed by atoms with E-state index < -0.39 is 78.6 Å². The molecule has 2 aromatic heterocycles. The van der Waals surface area contributed by atoms with Gasteiger partial charge >= 0.3 is 23.5 Å². The van der Waals surface area contributed by atoms with Crippen molar-refractivity contribution < 1.29 is 75.7 Å². The highest BCUT2D eigenvalue weighted by molar-refractivity contribution is 7.99. The second-order valence-corrected chi connectivity index (χ2v) is 17.1. The number of amides is 2. The van der Waals surface area contributed by atoms with Crippen molar-refractivity contribution in [1.82, 2.24) is 30.2 Å². The van der Waals surface area contributed by atoms with Crippen LogP contribution in [0.5, 0.6) is 0 Å². The van der Waals surface area contributed by atoms with Crippen molar-refractivity contribution in [2.45, 2.75) is 64.3 Å². The number of nitrogens with zero attached hydrogens (tertiary/aromatic N) is 4. The van der Waals surface area contributed by atoms with Crippen LogP contribution < -0.4 is 16.4 Å². The number of fused-ring (bicyclic) bond motifs is 1. The number of phosphoric acid groups is 3. The molecule has 3 heterocycles. The van der Waals surface area contributed by atoms with Gasteiger partial charge in [0.25, 0.3) is 0 Å². The highest BCUT2D eigenvalue weighted by Crippen LogP contribution is 2.61. The number of aliphatic hydroxyl groups excluding tert-OH is 2. The maximum atomic E-state index is 12.6. The van der Waals surface area contributed by atoms with E-state index in [1.165, 1.54) is 13.8 Å². The van der Waals surface area contributed by atoms with Crippen molar-refractivity contribution in [2.75, 3.05) is 43.5 Å². The lowest BCUT2D eigenvalue weighted by molar-refractivity contribution is -0.137. The molecule has 290 valence electrons. The van der Waals surface area contributed by atoms with E-state index in [4.69, 9.17) is 19.5 Å². The number of aliphatic hydroxyl groups is 2. The van der Waals surface area contributed by atoms with E-state index in [1.54, 1.807) is 11.8 Å². The van der Waals surface area contributed by atoms with Gasteiger partial charge in [-0.15, -0.1) is 0 Å². The highest BCUT2D eigenvalue weighted by Gasteiger charge is 2.50. The zero-order valence-corrected chi connectivity index (χ0v) is 31.1. The Balaban J connectivity index is 1.55. The van der Waals surface area contributed by atoms with Gasteiger partial charge in [0.2, 0.25) is 11.8 Å². The molecule has 2 aromatic rings. The molecular formula is C24H42N7O16P3S. The summed E-state index contributed by atoms with van der Waals surface area (Å²) in [6.45, 7) is 2.97. The molecule has 0 radical (unpaired) electrons. The minimum atomic E-state index is -5.54. The normalized spacial score (nSPS) is 22.7. The van der Waals surface area contributed by atoms with Crippen molar-refractivity contribution in [1.29, 1.82) is 0 Å². The number of anilines is 1. The number of hydrogen-bond donors (Lipinski definition) is 9. The first-order chi connectivity index (χ1) is 23.7. The molecule has 2 unspecified atom stereocenters. The molecular weight excluding hydrogens is 767 g/mol. The van der Waals surface area contributed by atoms with Gasteiger partial charge in [0.15, 0.2) is 17.7 Å². The van der Waals surface area contributed by atoms with Crippen LogP contribution in [0.1, 0.15) is 39.8 Å². The Hall–Kier alpha value is -2.11. The third-order valence-electron chi connectivity index (χ3n) is 6.99. The number of rotatable bonds is 21. The lowest BCUT2D eigenvalue weighted by atomic mass is 9.87. The Morgan fingerprint density at radius 2 is 1.76 bits per heavy atom. The molecule has 1 fully saturated rings. The lowest BCUT2D eigenvalue weighted by Gasteiger charge is -2.30. The van der Waals surface area contributed by atoms with Gasteiger partial charge in [-0.05, 0) is 12.2 Å². The fourth-order valence-corrected chi connectivity index (χ4v) is 8.02. The Morgan fingerprint density at radius 1 is 1.08 bits per heavy atom. The van der Waals surface area contributed by atoms with Crippen LogP contribution in [-0.2, 0) is 45.9 Å². The molecule has 0 spiro atoms. The molecule has 0 bridgehead atoms. The van der Waals surface area contributed by atoms with Crippen LogP contribution in [-0.4, -0.2) is 123 Å². The fraction of sp³-hybridized carbons (Fsp3) is 0.708. The first kappa shape index (κ1) is 43.3. The van der Waals surface area contributed by atoms with Gasteiger partial charge in [-0.3, -0.25) is 27.7 Å². The highest BCUT2D eigenvalue weighted by atomic mass is 32.2. The van der Waals surface area contributed by atoms with E-state index in [-0.39, 0.29) is 35.9 Å². The summed E-state index contributed by atoms with van der Waals surface area (Å²) in [6.07, 6.45) is -5.67. The molecule has 0 aliphatic carbocycles. The molecule has 3 rings (SSSR count). The maximum Gasteiger partial charge on any atom is 0.481 e. The Morgan fingerprint density at radius 3 is 2.43 bits per heavy atom. The number of ether oxygens (including phenoxy) is 1. The van der Waals surface area contributed by atoms with E-state index in [9.17, 15) is 53.1 Å². The van der Waals surface area contributed by atoms with Gasteiger partial charge in [0.1, 0.15) is 36.3 Å². The van der Waals surface area contributed by atoms with Crippen molar-refractivity contribution in [3.63, 3.8) is 0 Å². The summed E-state index contributed by atoms with van der Waals surface area (Å²) in [5.41, 5.74) is 4.32. The molecule has 1 aliphatic heterocycles. The second kappa shape index (κ2) is 18.3. The molecule has 2 amide bonds. The monoisotopic (exact) mass is 809 g/mol. The lowest BCUT2D eigenvalue weighted by Crippen LogP contribution is -2.46. The summed E-state index contributed by atoms with van der Waals surface area (Å²) >= 11 is 1.69. The molecule has 10 N–H and O–H groups in total. The summed E-state index contributed by atoms with van der Waals surface area (Å²) in [4.78, 5) is 75.2. The number of thioether (sulfide) groups is 1. The standard InChI is InChI=1S/C24H42N7O16P3S/c1-4-8-51-9-7-26-15(32)5-6-27-22(35)19(34)24(2,3)11-44-50(41,42)47-49(39,40)43-10-14-18(46-48(36,37)38)17(33)23(45-14)31-13-30-16-20(25)28-12-29-21(16)31/h12-14,17-19,23,33-34H,4-11H2,1-3H3,(H,26,32)(H,27,35)(H,39,40)(H,41,42)(H2,25,28,29)(H2,36,37,38)/t14-,17-,18-,19+,23-/m1/s1. The third kappa shape index (κ3) is 13.1. The average Bonchev–Trinajstić information content (AvgIpc) is 3.58. The largest absolute Gasteiger partial charge is 0.481 e. The van der Waals surface area contributed by atoms with Crippen LogP contribution in [0.25, 0.3) is 11.2 Å². The van der Waals surface area contributed by atoms with Crippen molar-refractivity contribution >= 4 is 64.0 Å². The molecule has 0 aromatic carbocycles. The number of hydrogen-bond acceptors (Lipinski definition) is 17. The van der Waals surface area contributed by atoms with Gasteiger partial charge in [-0.2, -0.15) is 16.1 Å². The molecule has 1 aliphatic rings. The Labute approximate surface area is 295 Å². The fourth-order valence-electron chi connectivity index (χ4n) is 4.45. The second-order valence-electron chi connectivity index (χ2n) is 11.7. The molecule has 1 saturated heterocycles. The van der Waals surface area contributed by atoms with Gasteiger partial charge in [0.05, 0.1) is 19.5 Å². The summed E-state index contributed by atoms with van der Waals surface area (Å²) in [7, 11) is -16.3. The predicted octanol–water partition coefficient (Wildman–Crippen LogP) is -0.452. The Bertz CT molecular complexity index is 1650. The van der Waals surface area contributed by atoms with Gasteiger partial charge in [-0.1, -0.05) is 20.8 Å². The van der Waals surface area contributed by atoms with E-state index >= 15 is 0 Å². The molecule has 51 heavy (non-hydrogen) atoms. The number of nitrogens with one attached hydrogen (secondary N) is 2. The number of phosphoric ester groups is 3. The quantitative estimate of drug-likeness (QED) is 0.0569. The van der Waals surface area contributed by atoms with Crippen LogP contribution in [0, 0.1) is 5.41 Å². The first-order valence-electron chi connectivity index (χ1n) is 15.1. The minimum absolute atomic E-state index is 0.0340. The number of carbonyl (C=O) groups is 2. The van der Waals surface area contributed by atoms with Crippen molar-refractivity contribution in [3.8, 4) is 0 Å². The molecule has 0 saturated carbocycles. The van der Waals surface area contributed by atoms with Crippen molar-refractivity contribution in [3.05, 3.63) is 12.7 Å². The molecule has 27 heteroatoms. The van der Waals surface area contributed by atoms with E-state index in [0.29, 0.717) is 6.54 Å². The first-order valence-corrected chi connectivity index (χ1v) is 20.8. The van der Waals surface area contributed by atoms with Crippen LogP contribution in [0.3, 0.4) is 0 Å². The van der Waals surface area contributed by atoms with Crippen molar-refractivity contribution in [2.24, 2.45) is 5.41 Å². The van der Waals surface area contributed by atoms with E-state index in [2.05, 4.69) is 34.4 Å². The maximum absolute atomic E-state index is 12.6. The summed E-state index contributed by atoms with van der Waals surface area (Å²) in [5, 5.41) is 26.4. The number of nitrogen functional groups attached to an aromatic ring is 1. The van der Waals surface area contributed by atoms with Gasteiger partial charge in [0, 0.05) is 30.7 Å². The van der Waals surface area contributed by atoms with Crippen LogP contribution >= 0.6 is 35.2 Å². The smallest absolute Gasteiger partial charge is 0.386 e. The summed E-state index contributed by atoms with van der Waals surface area (Å²) in [6, 6.07) is 0. The van der Waals surface area contributed by atoms with E-state index in [1.807, 2.05) is 6.92 Å². The SMILES string of the molecule is CCCSCCNC(=O)CCNC(=O)[C@H](O)C(C)(C)COP(=O)(O)OP(=O)(O)OC[C@H]1O[C@@H](n2cnc3c(N)ncnc32)[C@H](O)[C@@H]1OP(=O)(O)O. The number of aromatic nitrogens is 4. The van der Waals surface area contributed by atoms with Crippen LogP contribution in [0.2, 0.25) is 0 Å². The summed E-state index contributed by atoms with van der Waals surface area (Å²) < 4.78 is 62.0. The zero-order chi connectivity index (χ0) is 38.2. The van der Waals surface area contributed by atoms with E-state index in [0.717, 1.165) is 35.1 Å². The van der Waals surface area contributed by atoms with Gasteiger partial charge < -0.3 is 50.9 Å². The minimum Gasteiger partial charge on any atom is -0.386 e. The van der Waals surface area contributed by atoms with Crippen LogP contribution in [0.15, 0.2) is 12.7 Å². The number of carbonyl (C=O) groups excluding carboxylic acids is 2.